The van der Waals surface area contributed by atoms with Crippen LogP contribution < -0.4 is 9.74 Å². The highest BCUT2D eigenvalue weighted by atomic mass is 32.2. The minimum Gasteiger partial charge on any atom is -0.370 e. The average molecular weight is 463 g/mol. The van der Waals surface area contributed by atoms with Crippen LogP contribution in [0.3, 0.4) is 0 Å². The number of benzene rings is 2. The summed E-state index contributed by atoms with van der Waals surface area (Å²) < 4.78 is 67.6. The van der Waals surface area contributed by atoms with Gasteiger partial charge in [0, 0.05) is 24.2 Å². The second-order valence-corrected chi connectivity index (χ2v) is 8.55. The number of rotatable bonds is 5. The minimum atomic E-state index is -5.98. The maximum atomic E-state index is 12.7. The topological polar surface area (TPSA) is 83.2 Å². The smallest absolute Gasteiger partial charge is 0.370 e. The summed E-state index contributed by atoms with van der Waals surface area (Å²) in [5, 5.41) is 4.82. The molecule has 0 bridgehead atoms. The maximum absolute atomic E-state index is 12.7. The molecule has 0 N–H and O–H groups in total. The third-order valence-electron chi connectivity index (χ3n) is 4.80. The molecule has 0 amide bonds. The van der Waals surface area contributed by atoms with Crippen LogP contribution in [0.15, 0.2) is 71.7 Å². The molecule has 0 unspecified atom stereocenters. The first kappa shape index (κ1) is 21.6. The molecular formula is C21H16F3N3O4S. The largest absolute Gasteiger partial charge is 0.534 e. The van der Waals surface area contributed by atoms with E-state index in [2.05, 4.69) is 9.28 Å². The Morgan fingerprint density at radius 3 is 2.44 bits per heavy atom. The first-order valence-electron chi connectivity index (χ1n) is 9.27. The third-order valence-corrected chi connectivity index (χ3v) is 5.76. The van der Waals surface area contributed by atoms with Crippen LogP contribution in [0.4, 0.5) is 13.2 Å². The monoisotopic (exact) mass is 463 g/mol. The van der Waals surface area contributed by atoms with Crippen molar-refractivity contribution in [2.24, 2.45) is 7.05 Å². The second kappa shape index (κ2) is 7.83. The van der Waals surface area contributed by atoms with Crippen molar-refractivity contribution in [2.75, 3.05) is 0 Å². The summed E-state index contributed by atoms with van der Waals surface area (Å²) in [6.45, 7) is 0.552. The summed E-state index contributed by atoms with van der Waals surface area (Å²) in [5.41, 5.74) is -3.98. The zero-order valence-corrected chi connectivity index (χ0v) is 17.4. The molecule has 2 aromatic heterocycles. The maximum Gasteiger partial charge on any atom is 0.534 e. The van der Waals surface area contributed by atoms with E-state index in [0.29, 0.717) is 28.7 Å². The Kier molecular flexibility index (Phi) is 5.29. The van der Waals surface area contributed by atoms with E-state index in [0.717, 1.165) is 16.2 Å². The highest BCUT2D eigenvalue weighted by Gasteiger charge is 2.49. The fourth-order valence-corrected chi connectivity index (χ4v) is 3.66. The Balaban J connectivity index is 1.71. The molecule has 0 radical (unpaired) electrons. The third kappa shape index (κ3) is 4.11. The van der Waals surface area contributed by atoms with Gasteiger partial charge in [-0.3, -0.25) is 9.48 Å². The minimum absolute atomic E-state index is 0.314. The van der Waals surface area contributed by atoms with Crippen LogP contribution in [0.5, 0.6) is 5.75 Å². The molecule has 0 aliphatic heterocycles. The van der Waals surface area contributed by atoms with E-state index in [9.17, 15) is 26.4 Å². The van der Waals surface area contributed by atoms with Crippen molar-refractivity contribution >= 4 is 21.0 Å². The summed E-state index contributed by atoms with van der Waals surface area (Å²) >= 11 is 0. The van der Waals surface area contributed by atoms with Crippen molar-refractivity contribution < 1.29 is 25.8 Å². The number of hydrogen-bond donors (Lipinski definition) is 0. The molecule has 0 spiro atoms. The predicted molar refractivity (Wildman–Crippen MR) is 112 cm³/mol. The van der Waals surface area contributed by atoms with Crippen LogP contribution in [0.1, 0.15) is 5.56 Å². The van der Waals surface area contributed by atoms with Crippen molar-refractivity contribution in [1.29, 1.82) is 0 Å². The Bertz CT molecular complexity index is 1460. The lowest BCUT2D eigenvalue weighted by molar-refractivity contribution is -0.0500. The number of aryl methyl sites for hydroxylation is 1. The van der Waals surface area contributed by atoms with Crippen LogP contribution in [0.2, 0.25) is 0 Å². The van der Waals surface area contributed by atoms with Crippen molar-refractivity contribution in [3.8, 4) is 17.0 Å². The molecule has 11 heteroatoms. The quantitative estimate of drug-likeness (QED) is 0.333. The van der Waals surface area contributed by atoms with E-state index >= 15 is 0 Å². The zero-order chi connectivity index (χ0) is 23.1. The van der Waals surface area contributed by atoms with Crippen LogP contribution >= 0.6 is 0 Å². The van der Waals surface area contributed by atoms with E-state index in [1.54, 1.807) is 35.1 Å². The van der Waals surface area contributed by atoms with Gasteiger partial charge in [-0.25, -0.2) is 0 Å². The molecule has 0 atom stereocenters. The van der Waals surface area contributed by atoms with Crippen molar-refractivity contribution in [1.82, 2.24) is 14.3 Å². The molecule has 2 aromatic carbocycles. The highest BCUT2D eigenvalue weighted by molar-refractivity contribution is 7.88. The Hall–Kier alpha value is -3.60. The molecule has 4 rings (SSSR count). The molecule has 2 heterocycles. The van der Waals surface area contributed by atoms with Gasteiger partial charge in [-0.15, -0.1) is 0 Å². The number of aromatic nitrogens is 3. The van der Waals surface area contributed by atoms with Gasteiger partial charge in [0.2, 0.25) is 5.75 Å². The fourth-order valence-electron chi connectivity index (χ4n) is 3.21. The van der Waals surface area contributed by atoms with Crippen molar-refractivity contribution in [3.05, 3.63) is 82.8 Å². The first-order chi connectivity index (χ1) is 15.0. The molecule has 4 aromatic rings. The van der Waals surface area contributed by atoms with Crippen molar-refractivity contribution in [2.45, 2.75) is 12.1 Å². The van der Waals surface area contributed by atoms with Crippen molar-refractivity contribution in [3.63, 3.8) is 0 Å². The Labute approximate surface area is 180 Å². The summed E-state index contributed by atoms with van der Waals surface area (Å²) in [4.78, 5) is 12.3. The van der Waals surface area contributed by atoms with Gasteiger partial charge in [0.1, 0.15) is 0 Å². The van der Waals surface area contributed by atoms with Gasteiger partial charge in [-0.1, -0.05) is 36.4 Å². The lowest BCUT2D eigenvalue weighted by atomic mass is 10.1. The molecule has 0 fully saturated rings. The zero-order valence-electron chi connectivity index (χ0n) is 16.6. The number of hydrogen-bond acceptors (Lipinski definition) is 5. The van der Waals surface area contributed by atoms with E-state index in [1.807, 2.05) is 30.3 Å². The molecular weight excluding hydrogens is 447 g/mol. The lowest BCUT2D eigenvalue weighted by Crippen LogP contribution is -2.31. The molecule has 7 nitrogen and oxygen atoms in total. The van der Waals surface area contributed by atoms with Crippen LogP contribution in [0, 0.1) is 0 Å². The number of halogens is 3. The summed E-state index contributed by atoms with van der Waals surface area (Å²) in [6.07, 6.45) is 1.79. The van der Waals surface area contributed by atoms with Gasteiger partial charge in [0.15, 0.2) is 0 Å². The average Bonchev–Trinajstić information content (AvgIpc) is 3.19. The molecule has 32 heavy (non-hydrogen) atoms. The van der Waals surface area contributed by atoms with Crippen LogP contribution in [-0.2, 0) is 23.7 Å². The molecule has 0 aliphatic carbocycles. The van der Waals surface area contributed by atoms with Gasteiger partial charge in [0.05, 0.1) is 17.8 Å². The van der Waals surface area contributed by atoms with Gasteiger partial charge < -0.3 is 8.75 Å². The normalized spacial score (nSPS) is 12.2. The summed E-state index contributed by atoms with van der Waals surface area (Å²) in [7, 11) is -4.66. The van der Waals surface area contributed by atoms with Gasteiger partial charge in [0.25, 0.3) is 5.56 Å². The number of pyridine rings is 1. The summed E-state index contributed by atoms with van der Waals surface area (Å²) in [5.74, 6) is -0.941. The molecule has 166 valence electrons. The van der Waals surface area contributed by atoms with E-state index in [4.69, 9.17) is 0 Å². The van der Waals surface area contributed by atoms with E-state index in [1.165, 1.54) is 7.05 Å². The highest BCUT2D eigenvalue weighted by Crippen LogP contribution is 2.28. The lowest BCUT2D eigenvalue weighted by Gasteiger charge is -2.12. The number of nitrogens with zero attached hydrogens (tertiary/aromatic N) is 3. The second-order valence-electron chi connectivity index (χ2n) is 7.01. The van der Waals surface area contributed by atoms with Crippen LogP contribution in [-0.4, -0.2) is 28.3 Å². The first-order valence-corrected chi connectivity index (χ1v) is 10.7. The number of fused-ring (bicyclic) bond motifs is 1. The summed E-state index contributed by atoms with van der Waals surface area (Å²) in [6, 6.07) is 17.4. The molecule has 0 saturated carbocycles. The van der Waals surface area contributed by atoms with Gasteiger partial charge in [-0.2, -0.15) is 26.7 Å². The standard InChI is InChI=1S/C21H16F3N3O4S/c1-26-18-8-7-15(17-9-10-27(25-17)13-14-5-3-2-4-6-14)11-16(18)12-19(20(26)28)31-32(29,30)21(22,23)24/h2-12H,13H2,1H3. The van der Waals surface area contributed by atoms with Gasteiger partial charge in [-0.05, 0) is 29.8 Å². The number of alkyl halides is 3. The Morgan fingerprint density at radius 1 is 1.03 bits per heavy atom. The van der Waals surface area contributed by atoms with Crippen LogP contribution in [0.25, 0.3) is 22.2 Å². The molecule has 0 aliphatic rings. The fraction of sp³-hybridized carbons (Fsp3) is 0.143. The SMILES string of the molecule is Cn1c(=O)c(OS(=O)(=O)C(F)(F)F)cc2cc(-c3ccn(Cc4ccccc4)n3)ccc21. The van der Waals surface area contributed by atoms with E-state index < -0.39 is 26.9 Å². The van der Waals surface area contributed by atoms with Gasteiger partial charge >= 0.3 is 15.6 Å². The Morgan fingerprint density at radius 2 is 1.75 bits per heavy atom. The molecule has 0 saturated heterocycles. The van der Waals surface area contributed by atoms with E-state index in [-0.39, 0.29) is 0 Å². The predicted octanol–water partition coefficient (Wildman–Crippen LogP) is 3.68.